The Hall–Kier alpha value is -1.06. The van der Waals surface area contributed by atoms with Gasteiger partial charge in [0.05, 0.1) is 5.69 Å². The monoisotopic (exact) mass is 252 g/mol. The van der Waals surface area contributed by atoms with E-state index in [0.717, 1.165) is 22.8 Å². The quantitative estimate of drug-likeness (QED) is 0.841. The average Bonchev–Trinajstić information content (AvgIpc) is 2.79. The zero-order valence-electron chi connectivity index (χ0n) is 9.03. The molecule has 0 radical (unpaired) electrons. The predicted octanol–water partition coefficient (Wildman–Crippen LogP) is 3.63. The molecule has 4 heteroatoms. The zero-order valence-corrected chi connectivity index (χ0v) is 10.6. The largest absolute Gasteiger partial charge is 0.365 e. The molecule has 16 heavy (non-hydrogen) atoms. The van der Waals surface area contributed by atoms with Gasteiger partial charge in [-0.15, -0.1) is 22.9 Å². The second-order valence-corrected chi connectivity index (χ2v) is 4.66. The molecule has 84 valence electrons. The number of halogens is 1. The van der Waals surface area contributed by atoms with Crippen molar-refractivity contribution in [1.29, 1.82) is 0 Å². The van der Waals surface area contributed by atoms with Crippen LogP contribution >= 0.6 is 22.9 Å². The molecular weight excluding hydrogens is 240 g/mol. The van der Waals surface area contributed by atoms with Gasteiger partial charge in [0.2, 0.25) is 0 Å². The third-order valence-corrected chi connectivity index (χ3v) is 3.40. The molecule has 0 atom stereocenters. The van der Waals surface area contributed by atoms with Gasteiger partial charge >= 0.3 is 0 Å². The lowest BCUT2D eigenvalue weighted by Gasteiger charge is -2.00. The Bertz CT molecular complexity index is 450. The van der Waals surface area contributed by atoms with Crippen LogP contribution in [-0.2, 0) is 6.42 Å². The van der Waals surface area contributed by atoms with Crippen molar-refractivity contribution in [3.05, 3.63) is 35.2 Å². The van der Waals surface area contributed by atoms with E-state index in [0.29, 0.717) is 5.88 Å². The Morgan fingerprint density at radius 3 is 2.62 bits per heavy atom. The van der Waals surface area contributed by atoms with Gasteiger partial charge in [0.15, 0.2) is 5.13 Å². The summed E-state index contributed by atoms with van der Waals surface area (Å²) in [4.78, 5) is 4.46. The second kappa shape index (κ2) is 5.32. The van der Waals surface area contributed by atoms with Crippen molar-refractivity contribution in [2.24, 2.45) is 0 Å². The fourth-order valence-electron chi connectivity index (χ4n) is 1.47. The molecule has 0 bridgehead atoms. The van der Waals surface area contributed by atoms with Crippen LogP contribution in [0.5, 0.6) is 0 Å². The highest BCUT2D eigenvalue weighted by molar-refractivity contribution is 7.14. The Labute approximate surface area is 104 Å². The Morgan fingerprint density at radius 2 is 2.06 bits per heavy atom. The van der Waals surface area contributed by atoms with E-state index < -0.39 is 0 Å². The molecule has 1 heterocycles. The van der Waals surface area contributed by atoms with Crippen LogP contribution in [0.2, 0.25) is 0 Å². The van der Waals surface area contributed by atoms with Crippen LogP contribution < -0.4 is 5.32 Å². The van der Waals surface area contributed by atoms with Gasteiger partial charge in [0, 0.05) is 23.9 Å². The van der Waals surface area contributed by atoms with E-state index in [1.807, 2.05) is 7.05 Å². The number of hydrogen-bond donors (Lipinski definition) is 1. The van der Waals surface area contributed by atoms with E-state index in [9.17, 15) is 0 Å². The molecule has 0 amide bonds. The summed E-state index contributed by atoms with van der Waals surface area (Å²) in [7, 11) is 1.88. The van der Waals surface area contributed by atoms with Crippen LogP contribution in [0.1, 0.15) is 5.56 Å². The molecule has 1 aromatic carbocycles. The molecule has 0 aliphatic carbocycles. The number of nitrogens with zero attached hydrogens (tertiary/aromatic N) is 1. The minimum atomic E-state index is 0.667. The van der Waals surface area contributed by atoms with Gasteiger partial charge in [0.25, 0.3) is 0 Å². The molecule has 0 fully saturated rings. The first kappa shape index (κ1) is 11.4. The van der Waals surface area contributed by atoms with Crippen molar-refractivity contribution in [3.8, 4) is 11.3 Å². The molecule has 0 aliphatic rings. The maximum atomic E-state index is 5.70. The number of thiazole rings is 1. The zero-order chi connectivity index (χ0) is 11.4. The van der Waals surface area contributed by atoms with Crippen molar-refractivity contribution in [3.63, 3.8) is 0 Å². The lowest BCUT2D eigenvalue weighted by Crippen LogP contribution is -1.87. The molecule has 2 nitrogen and oxygen atoms in total. The molecule has 2 rings (SSSR count). The summed E-state index contributed by atoms with van der Waals surface area (Å²) in [5, 5.41) is 6.04. The first-order valence-corrected chi connectivity index (χ1v) is 6.53. The third-order valence-electron chi connectivity index (χ3n) is 2.35. The first-order chi connectivity index (χ1) is 7.83. The summed E-state index contributed by atoms with van der Waals surface area (Å²) in [6.07, 6.45) is 0.917. The molecule has 0 saturated carbocycles. The molecule has 0 aliphatic heterocycles. The summed E-state index contributed by atoms with van der Waals surface area (Å²) >= 11 is 7.31. The highest BCUT2D eigenvalue weighted by Gasteiger charge is 2.03. The minimum Gasteiger partial charge on any atom is -0.365 e. The number of benzene rings is 1. The fourth-order valence-corrected chi connectivity index (χ4v) is 2.37. The first-order valence-electron chi connectivity index (χ1n) is 5.12. The maximum Gasteiger partial charge on any atom is 0.182 e. The van der Waals surface area contributed by atoms with Gasteiger partial charge in [0.1, 0.15) is 0 Å². The smallest absolute Gasteiger partial charge is 0.182 e. The van der Waals surface area contributed by atoms with Gasteiger partial charge in [-0.25, -0.2) is 4.98 Å². The molecular formula is C12H13ClN2S. The molecule has 1 N–H and O–H groups in total. The number of rotatable bonds is 4. The van der Waals surface area contributed by atoms with Crippen molar-refractivity contribution in [2.75, 3.05) is 18.2 Å². The molecule has 0 saturated heterocycles. The lowest BCUT2D eigenvalue weighted by molar-refractivity contribution is 1.15. The predicted molar refractivity (Wildman–Crippen MR) is 71.5 cm³/mol. The van der Waals surface area contributed by atoms with Gasteiger partial charge < -0.3 is 5.32 Å². The van der Waals surface area contributed by atoms with Crippen molar-refractivity contribution < 1.29 is 0 Å². The fraction of sp³-hybridized carbons (Fsp3) is 0.250. The van der Waals surface area contributed by atoms with E-state index in [-0.39, 0.29) is 0 Å². The Kier molecular flexibility index (Phi) is 3.80. The summed E-state index contributed by atoms with van der Waals surface area (Å²) < 4.78 is 0. The highest BCUT2D eigenvalue weighted by atomic mass is 35.5. The van der Waals surface area contributed by atoms with Crippen LogP contribution in [0.25, 0.3) is 11.3 Å². The van der Waals surface area contributed by atoms with E-state index in [2.05, 4.69) is 39.9 Å². The van der Waals surface area contributed by atoms with Gasteiger partial charge in [-0.1, -0.05) is 24.3 Å². The third kappa shape index (κ3) is 2.54. The second-order valence-electron chi connectivity index (χ2n) is 3.42. The SMILES string of the molecule is CNc1nc(-c2ccc(CCCl)cc2)cs1. The van der Waals surface area contributed by atoms with Crippen LogP contribution in [-0.4, -0.2) is 17.9 Å². The average molecular weight is 253 g/mol. The Morgan fingerprint density at radius 1 is 1.31 bits per heavy atom. The van der Waals surface area contributed by atoms with E-state index in [1.165, 1.54) is 5.56 Å². The normalized spacial score (nSPS) is 10.4. The summed E-state index contributed by atoms with van der Waals surface area (Å²) in [5.41, 5.74) is 3.44. The standard InChI is InChI=1S/C12H13ClN2S/c1-14-12-15-11(8-16-12)10-4-2-9(3-5-10)6-7-13/h2-5,8H,6-7H2,1H3,(H,14,15). The van der Waals surface area contributed by atoms with Crippen molar-refractivity contribution in [1.82, 2.24) is 4.98 Å². The highest BCUT2D eigenvalue weighted by Crippen LogP contribution is 2.24. The Balaban J connectivity index is 2.20. The van der Waals surface area contributed by atoms with Gasteiger partial charge in [-0.2, -0.15) is 0 Å². The van der Waals surface area contributed by atoms with Crippen LogP contribution in [0.15, 0.2) is 29.6 Å². The number of aryl methyl sites for hydroxylation is 1. The summed E-state index contributed by atoms with van der Waals surface area (Å²) in [5.74, 6) is 0.667. The van der Waals surface area contributed by atoms with Crippen LogP contribution in [0.4, 0.5) is 5.13 Å². The van der Waals surface area contributed by atoms with Gasteiger partial charge in [-0.3, -0.25) is 0 Å². The molecule has 0 spiro atoms. The number of alkyl halides is 1. The molecule has 1 aromatic heterocycles. The number of anilines is 1. The van der Waals surface area contributed by atoms with Crippen molar-refractivity contribution >= 4 is 28.1 Å². The summed E-state index contributed by atoms with van der Waals surface area (Å²) in [6, 6.07) is 8.40. The maximum absolute atomic E-state index is 5.70. The number of hydrogen-bond acceptors (Lipinski definition) is 3. The topological polar surface area (TPSA) is 24.9 Å². The lowest BCUT2D eigenvalue weighted by atomic mass is 10.1. The van der Waals surface area contributed by atoms with Crippen LogP contribution in [0, 0.1) is 0 Å². The van der Waals surface area contributed by atoms with Gasteiger partial charge in [-0.05, 0) is 12.0 Å². The minimum absolute atomic E-state index is 0.667. The number of nitrogens with one attached hydrogen (secondary N) is 1. The van der Waals surface area contributed by atoms with E-state index >= 15 is 0 Å². The van der Waals surface area contributed by atoms with E-state index in [1.54, 1.807) is 11.3 Å². The van der Waals surface area contributed by atoms with Crippen molar-refractivity contribution in [2.45, 2.75) is 6.42 Å². The van der Waals surface area contributed by atoms with E-state index in [4.69, 9.17) is 11.6 Å². The molecule has 0 unspecified atom stereocenters. The summed E-state index contributed by atoms with van der Waals surface area (Å²) in [6.45, 7) is 0. The number of aromatic nitrogens is 1. The molecule has 2 aromatic rings. The van der Waals surface area contributed by atoms with Crippen LogP contribution in [0.3, 0.4) is 0 Å².